The number of hydrogen-bond donors (Lipinski definition) is 1. The molecule has 0 aliphatic heterocycles. The van der Waals surface area contributed by atoms with Gasteiger partial charge in [-0.05, 0) is 25.9 Å². The van der Waals surface area contributed by atoms with Crippen molar-refractivity contribution >= 4 is 0 Å². The fourth-order valence-electron chi connectivity index (χ4n) is 2.57. The molecule has 17 heavy (non-hydrogen) atoms. The summed E-state index contributed by atoms with van der Waals surface area (Å²) in [5.41, 5.74) is 0. The minimum Gasteiger partial charge on any atom is -0.383 e. The van der Waals surface area contributed by atoms with Crippen LogP contribution in [0, 0.1) is 0 Å². The Labute approximate surface area is 108 Å². The minimum absolute atomic E-state index is 0.617. The van der Waals surface area contributed by atoms with Gasteiger partial charge in [-0.3, -0.25) is 4.90 Å². The van der Waals surface area contributed by atoms with Crippen molar-refractivity contribution in [3.8, 4) is 0 Å². The molecule has 0 rings (SSSR count). The molecule has 0 aromatic carbocycles. The summed E-state index contributed by atoms with van der Waals surface area (Å²) in [5, 5.41) is 3.64. The van der Waals surface area contributed by atoms with Gasteiger partial charge in [0.25, 0.3) is 0 Å². The summed E-state index contributed by atoms with van der Waals surface area (Å²) in [6.07, 6.45) is 3.71. The predicted molar refractivity (Wildman–Crippen MR) is 75.6 cm³/mol. The molecule has 0 saturated heterocycles. The molecule has 2 unspecified atom stereocenters. The molecule has 0 spiro atoms. The second kappa shape index (κ2) is 11.0. The van der Waals surface area contributed by atoms with Crippen LogP contribution in [0.2, 0.25) is 0 Å². The topological polar surface area (TPSA) is 24.5 Å². The van der Waals surface area contributed by atoms with Crippen LogP contribution in [0.15, 0.2) is 0 Å². The number of nitrogens with zero attached hydrogens (tertiary/aromatic N) is 1. The number of ether oxygens (including phenoxy) is 1. The largest absolute Gasteiger partial charge is 0.383 e. The third-order valence-electron chi connectivity index (χ3n) is 3.41. The van der Waals surface area contributed by atoms with Crippen molar-refractivity contribution in [2.75, 3.05) is 33.4 Å². The van der Waals surface area contributed by atoms with Gasteiger partial charge < -0.3 is 10.1 Å². The van der Waals surface area contributed by atoms with Crippen molar-refractivity contribution in [2.24, 2.45) is 0 Å². The summed E-state index contributed by atoms with van der Waals surface area (Å²) in [5.74, 6) is 0. The maximum atomic E-state index is 5.21. The zero-order valence-electron chi connectivity index (χ0n) is 12.5. The molecule has 2 atom stereocenters. The van der Waals surface area contributed by atoms with Gasteiger partial charge in [0.2, 0.25) is 0 Å². The highest BCUT2D eigenvalue weighted by Gasteiger charge is 2.23. The Kier molecular flexibility index (Phi) is 10.9. The van der Waals surface area contributed by atoms with Crippen LogP contribution in [0.25, 0.3) is 0 Å². The Hall–Kier alpha value is -0.120. The van der Waals surface area contributed by atoms with Gasteiger partial charge in [-0.25, -0.2) is 0 Å². The van der Waals surface area contributed by atoms with Crippen LogP contribution < -0.4 is 5.32 Å². The molecule has 0 aliphatic carbocycles. The first kappa shape index (κ1) is 16.9. The molecular formula is C14H32N2O. The number of rotatable bonds is 11. The van der Waals surface area contributed by atoms with Crippen molar-refractivity contribution in [3.63, 3.8) is 0 Å². The van der Waals surface area contributed by atoms with E-state index in [1.54, 1.807) is 7.11 Å². The second-order valence-corrected chi connectivity index (χ2v) is 4.55. The molecule has 3 heteroatoms. The average molecular weight is 244 g/mol. The average Bonchev–Trinajstić information content (AvgIpc) is 2.34. The standard InChI is InChI=1S/C14H32N2O/c1-6-10-13(15-8-3)14(7-2)16(9-4)11-12-17-5/h13-15H,6-12H2,1-5H3. The van der Waals surface area contributed by atoms with Crippen molar-refractivity contribution in [1.29, 1.82) is 0 Å². The summed E-state index contributed by atoms with van der Waals surface area (Å²) in [7, 11) is 1.78. The molecule has 0 radical (unpaired) electrons. The predicted octanol–water partition coefficient (Wildman–Crippen LogP) is 2.51. The monoisotopic (exact) mass is 244 g/mol. The van der Waals surface area contributed by atoms with E-state index in [0.29, 0.717) is 12.1 Å². The van der Waals surface area contributed by atoms with E-state index in [-0.39, 0.29) is 0 Å². The highest BCUT2D eigenvalue weighted by Crippen LogP contribution is 2.13. The maximum Gasteiger partial charge on any atom is 0.0589 e. The van der Waals surface area contributed by atoms with Gasteiger partial charge in [-0.15, -0.1) is 0 Å². The highest BCUT2D eigenvalue weighted by molar-refractivity contribution is 4.83. The first-order valence-corrected chi connectivity index (χ1v) is 7.21. The molecule has 1 N–H and O–H groups in total. The van der Waals surface area contributed by atoms with Crippen molar-refractivity contribution < 1.29 is 4.74 Å². The van der Waals surface area contributed by atoms with E-state index in [9.17, 15) is 0 Å². The van der Waals surface area contributed by atoms with E-state index in [0.717, 1.165) is 26.2 Å². The molecule has 104 valence electrons. The Balaban J connectivity index is 4.47. The van der Waals surface area contributed by atoms with Crippen LogP contribution in [0.3, 0.4) is 0 Å². The zero-order valence-corrected chi connectivity index (χ0v) is 12.5. The van der Waals surface area contributed by atoms with E-state index < -0.39 is 0 Å². The van der Waals surface area contributed by atoms with Crippen LogP contribution in [-0.4, -0.2) is 50.3 Å². The Morgan fingerprint density at radius 3 is 2.29 bits per heavy atom. The van der Waals surface area contributed by atoms with Gasteiger partial charge in [-0.2, -0.15) is 0 Å². The van der Waals surface area contributed by atoms with Crippen LogP contribution in [0.5, 0.6) is 0 Å². The number of nitrogens with one attached hydrogen (secondary N) is 1. The van der Waals surface area contributed by atoms with Crippen molar-refractivity contribution in [3.05, 3.63) is 0 Å². The molecule has 0 heterocycles. The van der Waals surface area contributed by atoms with E-state index >= 15 is 0 Å². The molecule has 0 saturated carbocycles. The van der Waals surface area contributed by atoms with E-state index in [1.165, 1.54) is 19.3 Å². The number of hydrogen-bond acceptors (Lipinski definition) is 3. The molecule has 0 amide bonds. The molecule has 0 bridgehead atoms. The highest BCUT2D eigenvalue weighted by atomic mass is 16.5. The lowest BCUT2D eigenvalue weighted by molar-refractivity contribution is 0.102. The zero-order chi connectivity index (χ0) is 13.1. The van der Waals surface area contributed by atoms with Crippen molar-refractivity contribution in [1.82, 2.24) is 10.2 Å². The smallest absolute Gasteiger partial charge is 0.0589 e. The molecule has 0 aromatic rings. The van der Waals surface area contributed by atoms with E-state index in [2.05, 4.69) is 37.9 Å². The maximum absolute atomic E-state index is 5.21. The van der Waals surface area contributed by atoms with Crippen LogP contribution in [0.1, 0.15) is 47.0 Å². The van der Waals surface area contributed by atoms with Gasteiger partial charge in [0.05, 0.1) is 6.61 Å². The van der Waals surface area contributed by atoms with Crippen LogP contribution in [-0.2, 0) is 4.74 Å². The quantitative estimate of drug-likeness (QED) is 0.604. The second-order valence-electron chi connectivity index (χ2n) is 4.55. The lowest BCUT2D eigenvalue weighted by atomic mass is 9.99. The fourth-order valence-corrected chi connectivity index (χ4v) is 2.57. The lowest BCUT2D eigenvalue weighted by Gasteiger charge is -2.36. The summed E-state index contributed by atoms with van der Waals surface area (Å²) in [4.78, 5) is 2.55. The Morgan fingerprint density at radius 2 is 1.88 bits per heavy atom. The van der Waals surface area contributed by atoms with Crippen LogP contribution in [0.4, 0.5) is 0 Å². The summed E-state index contributed by atoms with van der Waals surface area (Å²) >= 11 is 0. The molecule has 0 aliphatic rings. The molecule has 0 fully saturated rings. The summed E-state index contributed by atoms with van der Waals surface area (Å²) in [6.45, 7) is 13.0. The summed E-state index contributed by atoms with van der Waals surface area (Å²) < 4.78 is 5.21. The van der Waals surface area contributed by atoms with Gasteiger partial charge in [0.1, 0.15) is 0 Å². The molecule has 0 aromatic heterocycles. The minimum atomic E-state index is 0.617. The van der Waals surface area contributed by atoms with Gasteiger partial charge in [-0.1, -0.05) is 34.1 Å². The lowest BCUT2D eigenvalue weighted by Crippen LogP contribution is -2.50. The van der Waals surface area contributed by atoms with Gasteiger partial charge in [0.15, 0.2) is 0 Å². The first-order chi connectivity index (χ1) is 8.24. The SMILES string of the molecule is CCCC(NCC)C(CC)N(CC)CCOC. The molecular weight excluding hydrogens is 212 g/mol. The molecule has 3 nitrogen and oxygen atoms in total. The fraction of sp³-hybridized carbons (Fsp3) is 1.00. The third-order valence-corrected chi connectivity index (χ3v) is 3.41. The number of likely N-dealkylation sites (N-methyl/N-ethyl adjacent to an activating group) is 2. The van der Waals surface area contributed by atoms with E-state index in [4.69, 9.17) is 4.74 Å². The van der Waals surface area contributed by atoms with Gasteiger partial charge >= 0.3 is 0 Å². The third kappa shape index (κ3) is 6.39. The van der Waals surface area contributed by atoms with Crippen LogP contribution >= 0.6 is 0 Å². The first-order valence-electron chi connectivity index (χ1n) is 7.21. The van der Waals surface area contributed by atoms with E-state index in [1.807, 2.05) is 0 Å². The Morgan fingerprint density at radius 1 is 1.18 bits per heavy atom. The normalized spacial score (nSPS) is 15.2. The Bertz CT molecular complexity index is 158. The number of methoxy groups -OCH3 is 1. The van der Waals surface area contributed by atoms with Gasteiger partial charge in [0, 0.05) is 25.7 Å². The van der Waals surface area contributed by atoms with Crippen molar-refractivity contribution in [2.45, 2.75) is 59.0 Å². The summed E-state index contributed by atoms with van der Waals surface area (Å²) in [6, 6.07) is 1.25.